The SMILES string of the molecule is C=C1CCNCC1.Cl. The van der Waals surface area contributed by atoms with Crippen molar-refractivity contribution < 1.29 is 0 Å². The second-order valence-corrected chi connectivity index (χ2v) is 2.00. The maximum Gasteiger partial charge on any atom is -0.00116 e. The Kier molecular flexibility index (Phi) is 3.92. The van der Waals surface area contributed by atoms with Crippen LogP contribution >= 0.6 is 12.4 Å². The van der Waals surface area contributed by atoms with Gasteiger partial charge in [-0.05, 0) is 25.9 Å². The molecule has 0 amide bonds. The minimum Gasteiger partial charge on any atom is -0.316 e. The molecule has 1 N–H and O–H groups in total. The Labute approximate surface area is 56.6 Å². The van der Waals surface area contributed by atoms with E-state index in [0.717, 1.165) is 13.1 Å². The van der Waals surface area contributed by atoms with Gasteiger partial charge in [-0.1, -0.05) is 12.2 Å². The van der Waals surface area contributed by atoms with Crippen LogP contribution in [0.25, 0.3) is 0 Å². The monoisotopic (exact) mass is 133 g/mol. The van der Waals surface area contributed by atoms with Gasteiger partial charge in [-0.25, -0.2) is 0 Å². The fourth-order valence-electron chi connectivity index (χ4n) is 0.780. The molecular weight excluding hydrogens is 122 g/mol. The maximum absolute atomic E-state index is 3.87. The van der Waals surface area contributed by atoms with Gasteiger partial charge in [0.1, 0.15) is 0 Å². The highest BCUT2D eigenvalue weighted by Crippen LogP contribution is 2.04. The zero-order valence-corrected chi connectivity index (χ0v) is 5.76. The summed E-state index contributed by atoms with van der Waals surface area (Å²) < 4.78 is 0. The molecule has 0 radical (unpaired) electrons. The predicted molar refractivity (Wildman–Crippen MR) is 38.5 cm³/mol. The Balaban J connectivity index is 0.000000490. The van der Waals surface area contributed by atoms with Crippen LogP contribution in [0.15, 0.2) is 12.2 Å². The molecule has 0 aliphatic carbocycles. The fraction of sp³-hybridized carbons (Fsp3) is 0.667. The largest absolute Gasteiger partial charge is 0.316 e. The molecule has 8 heavy (non-hydrogen) atoms. The van der Waals surface area contributed by atoms with Crippen molar-refractivity contribution in [3.8, 4) is 0 Å². The molecule has 0 atom stereocenters. The van der Waals surface area contributed by atoms with E-state index in [0.29, 0.717) is 0 Å². The first-order valence-electron chi connectivity index (χ1n) is 2.77. The fourth-order valence-corrected chi connectivity index (χ4v) is 0.780. The van der Waals surface area contributed by atoms with Crippen molar-refractivity contribution in [1.82, 2.24) is 5.32 Å². The van der Waals surface area contributed by atoms with Crippen LogP contribution in [0.2, 0.25) is 0 Å². The molecule has 0 aromatic heterocycles. The summed E-state index contributed by atoms with van der Waals surface area (Å²) in [5.41, 5.74) is 1.40. The second-order valence-electron chi connectivity index (χ2n) is 2.00. The average molecular weight is 134 g/mol. The molecule has 0 saturated carbocycles. The first-order valence-corrected chi connectivity index (χ1v) is 2.77. The molecule has 0 spiro atoms. The summed E-state index contributed by atoms with van der Waals surface area (Å²) in [5, 5.41) is 3.25. The Morgan fingerprint density at radius 1 is 1.25 bits per heavy atom. The predicted octanol–water partition coefficient (Wildman–Crippen LogP) is 1.35. The number of hydrogen-bond acceptors (Lipinski definition) is 1. The zero-order chi connectivity index (χ0) is 5.11. The summed E-state index contributed by atoms with van der Waals surface area (Å²) in [6.45, 7) is 6.15. The van der Waals surface area contributed by atoms with E-state index in [1.807, 2.05) is 0 Å². The van der Waals surface area contributed by atoms with Crippen molar-refractivity contribution in [3.63, 3.8) is 0 Å². The van der Waals surface area contributed by atoms with Crippen LogP contribution in [0.1, 0.15) is 12.8 Å². The molecule has 0 bridgehead atoms. The molecule has 0 aromatic rings. The van der Waals surface area contributed by atoms with Crippen LogP contribution in [-0.4, -0.2) is 13.1 Å². The van der Waals surface area contributed by atoms with E-state index in [-0.39, 0.29) is 12.4 Å². The normalized spacial score (nSPS) is 19.8. The third kappa shape index (κ3) is 2.34. The summed E-state index contributed by atoms with van der Waals surface area (Å²) in [6.07, 6.45) is 2.36. The van der Waals surface area contributed by atoms with Crippen LogP contribution < -0.4 is 5.32 Å². The van der Waals surface area contributed by atoms with E-state index in [2.05, 4.69) is 11.9 Å². The molecule has 0 aromatic carbocycles. The Hall–Kier alpha value is -0.0100. The summed E-state index contributed by atoms with van der Waals surface area (Å²) in [5.74, 6) is 0. The highest BCUT2D eigenvalue weighted by atomic mass is 35.5. The van der Waals surface area contributed by atoms with E-state index in [1.54, 1.807) is 0 Å². The lowest BCUT2D eigenvalue weighted by Gasteiger charge is -2.12. The Morgan fingerprint density at radius 2 is 1.75 bits per heavy atom. The summed E-state index contributed by atoms with van der Waals surface area (Å²) >= 11 is 0. The molecule has 1 aliphatic rings. The van der Waals surface area contributed by atoms with Crippen LogP contribution in [0.5, 0.6) is 0 Å². The number of nitrogens with one attached hydrogen (secondary N) is 1. The van der Waals surface area contributed by atoms with Gasteiger partial charge >= 0.3 is 0 Å². The Bertz CT molecular complexity index is 72.6. The van der Waals surface area contributed by atoms with Crippen LogP contribution in [0, 0.1) is 0 Å². The van der Waals surface area contributed by atoms with Crippen LogP contribution in [0.3, 0.4) is 0 Å². The van der Waals surface area contributed by atoms with E-state index in [4.69, 9.17) is 0 Å². The standard InChI is InChI=1S/C6H11N.ClH/c1-6-2-4-7-5-3-6;/h7H,1-5H2;1H. The average Bonchev–Trinajstić information content (AvgIpc) is 1.69. The van der Waals surface area contributed by atoms with Gasteiger partial charge < -0.3 is 5.32 Å². The number of halogens is 1. The summed E-state index contributed by atoms with van der Waals surface area (Å²) in [7, 11) is 0. The number of piperidine rings is 1. The van der Waals surface area contributed by atoms with E-state index in [9.17, 15) is 0 Å². The van der Waals surface area contributed by atoms with Crippen molar-refractivity contribution in [2.24, 2.45) is 0 Å². The van der Waals surface area contributed by atoms with Gasteiger partial charge in [0.05, 0.1) is 0 Å². The van der Waals surface area contributed by atoms with Crippen molar-refractivity contribution in [2.45, 2.75) is 12.8 Å². The molecular formula is C6H12ClN. The molecule has 1 rings (SSSR count). The van der Waals surface area contributed by atoms with Crippen molar-refractivity contribution >= 4 is 12.4 Å². The maximum atomic E-state index is 3.87. The van der Waals surface area contributed by atoms with E-state index < -0.39 is 0 Å². The summed E-state index contributed by atoms with van der Waals surface area (Å²) in [4.78, 5) is 0. The van der Waals surface area contributed by atoms with Crippen molar-refractivity contribution in [2.75, 3.05) is 13.1 Å². The third-order valence-corrected chi connectivity index (χ3v) is 1.31. The molecule has 0 unspecified atom stereocenters. The first-order chi connectivity index (χ1) is 3.39. The van der Waals surface area contributed by atoms with Gasteiger partial charge in [0, 0.05) is 0 Å². The van der Waals surface area contributed by atoms with Gasteiger partial charge in [-0.3, -0.25) is 0 Å². The van der Waals surface area contributed by atoms with Gasteiger partial charge in [0.15, 0.2) is 0 Å². The topological polar surface area (TPSA) is 12.0 Å². The highest BCUT2D eigenvalue weighted by molar-refractivity contribution is 5.85. The second kappa shape index (κ2) is 3.93. The molecule has 48 valence electrons. The third-order valence-electron chi connectivity index (χ3n) is 1.31. The first kappa shape index (κ1) is 7.99. The van der Waals surface area contributed by atoms with Gasteiger partial charge in [-0.2, -0.15) is 0 Å². The van der Waals surface area contributed by atoms with E-state index >= 15 is 0 Å². The Morgan fingerprint density at radius 3 is 2.00 bits per heavy atom. The smallest absolute Gasteiger partial charge is 0.00116 e. The highest BCUT2D eigenvalue weighted by Gasteiger charge is 1.98. The van der Waals surface area contributed by atoms with Crippen molar-refractivity contribution in [3.05, 3.63) is 12.2 Å². The lowest BCUT2D eigenvalue weighted by Crippen LogP contribution is -2.22. The molecule has 1 heterocycles. The van der Waals surface area contributed by atoms with Gasteiger partial charge in [0.2, 0.25) is 0 Å². The number of rotatable bonds is 0. The van der Waals surface area contributed by atoms with Crippen LogP contribution in [-0.2, 0) is 0 Å². The lowest BCUT2D eigenvalue weighted by atomic mass is 10.1. The van der Waals surface area contributed by atoms with Gasteiger partial charge in [-0.15, -0.1) is 12.4 Å². The number of hydrogen-bond donors (Lipinski definition) is 1. The molecule has 1 nitrogen and oxygen atoms in total. The lowest BCUT2D eigenvalue weighted by molar-refractivity contribution is 0.612. The molecule has 1 saturated heterocycles. The molecule has 1 aliphatic heterocycles. The van der Waals surface area contributed by atoms with Crippen LogP contribution in [0.4, 0.5) is 0 Å². The summed E-state index contributed by atoms with van der Waals surface area (Å²) in [6, 6.07) is 0. The zero-order valence-electron chi connectivity index (χ0n) is 4.94. The van der Waals surface area contributed by atoms with Gasteiger partial charge in [0.25, 0.3) is 0 Å². The quantitative estimate of drug-likeness (QED) is 0.492. The molecule has 1 fully saturated rings. The van der Waals surface area contributed by atoms with Crippen molar-refractivity contribution in [1.29, 1.82) is 0 Å². The molecule has 2 heteroatoms. The van der Waals surface area contributed by atoms with E-state index in [1.165, 1.54) is 18.4 Å². The minimum atomic E-state index is 0. The minimum absolute atomic E-state index is 0.